The quantitative estimate of drug-likeness (QED) is 0.772. The van der Waals surface area contributed by atoms with E-state index in [-0.39, 0.29) is 0 Å². The highest BCUT2D eigenvalue weighted by molar-refractivity contribution is 5.48. The van der Waals surface area contributed by atoms with Crippen molar-refractivity contribution >= 4 is 5.82 Å². The summed E-state index contributed by atoms with van der Waals surface area (Å²) in [6.07, 6.45) is 4.09. The average molecular weight is 219 g/mol. The number of anilines is 1. The van der Waals surface area contributed by atoms with Crippen LogP contribution in [0.5, 0.6) is 5.88 Å². The summed E-state index contributed by atoms with van der Waals surface area (Å²) in [6, 6.07) is 0. The van der Waals surface area contributed by atoms with Crippen LogP contribution in [0.25, 0.3) is 0 Å². The Morgan fingerprint density at radius 2 is 2.25 bits per heavy atom. The molecule has 0 atom stereocenters. The molecule has 1 aromatic heterocycles. The number of hydrogen-bond acceptors (Lipinski definition) is 4. The molecule has 1 aliphatic rings. The Hall–Kier alpha value is -1.58. The molecule has 1 N–H and O–H groups in total. The fourth-order valence-electron chi connectivity index (χ4n) is 1.56. The predicted octanol–water partition coefficient (Wildman–Crippen LogP) is 2.27. The minimum Gasteiger partial charge on any atom is -0.473 e. The summed E-state index contributed by atoms with van der Waals surface area (Å²) < 4.78 is 5.54. The molecule has 0 aliphatic heterocycles. The Bertz CT molecular complexity index is 399. The topological polar surface area (TPSA) is 47.0 Å². The first-order valence-electron chi connectivity index (χ1n) is 5.56. The monoisotopic (exact) mass is 219 g/mol. The van der Waals surface area contributed by atoms with Gasteiger partial charge >= 0.3 is 0 Å². The van der Waals surface area contributed by atoms with Crippen molar-refractivity contribution in [1.82, 2.24) is 9.97 Å². The summed E-state index contributed by atoms with van der Waals surface area (Å²) in [4.78, 5) is 8.95. The first-order valence-corrected chi connectivity index (χ1v) is 5.56. The Balaban J connectivity index is 2.32. The summed E-state index contributed by atoms with van der Waals surface area (Å²) >= 11 is 0. The average Bonchev–Trinajstić information content (AvgIpc) is 3.11. The molecule has 1 aromatic rings. The van der Waals surface area contributed by atoms with E-state index in [0.717, 1.165) is 17.2 Å². The van der Waals surface area contributed by atoms with Gasteiger partial charge in [-0.2, -0.15) is 4.98 Å². The molecule has 1 aliphatic carbocycles. The molecule has 0 radical (unpaired) electrons. The van der Waals surface area contributed by atoms with Gasteiger partial charge in [0.25, 0.3) is 0 Å². The van der Waals surface area contributed by atoms with Gasteiger partial charge in [0.1, 0.15) is 18.2 Å². The molecule has 1 saturated carbocycles. The number of hydrogen-bond donors (Lipinski definition) is 1. The van der Waals surface area contributed by atoms with E-state index in [4.69, 9.17) is 4.74 Å². The minimum absolute atomic E-state index is 0.477. The lowest BCUT2D eigenvalue weighted by atomic mass is 10.3. The summed E-state index contributed by atoms with van der Waals surface area (Å²) in [5.41, 5.74) is 0.953. The molecule has 86 valence electrons. The second kappa shape index (κ2) is 4.51. The van der Waals surface area contributed by atoms with Crippen molar-refractivity contribution in [2.24, 2.45) is 0 Å². The van der Waals surface area contributed by atoms with Crippen LogP contribution in [0, 0.1) is 6.92 Å². The highest BCUT2D eigenvalue weighted by atomic mass is 16.5. The van der Waals surface area contributed by atoms with Crippen LogP contribution in [0.4, 0.5) is 5.82 Å². The van der Waals surface area contributed by atoms with E-state index >= 15 is 0 Å². The molecule has 1 fully saturated rings. The zero-order valence-electron chi connectivity index (χ0n) is 9.79. The molecule has 16 heavy (non-hydrogen) atoms. The smallest absolute Gasteiger partial charge is 0.222 e. The minimum atomic E-state index is 0.477. The third kappa shape index (κ3) is 2.15. The number of rotatable bonds is 5. The molecule has 1 heterocycles. The predicted molar refractivity (Wildman–Crippen MR) is 64.0 cm³/mol. The van der Waals surface area contributed by atoms with E-state index in [1.165, 1.54) is 12.8 Å². The summed E-state index contributed by atoms with van der Waals surface area (Å²) in [7, 11) is 1.86. The van der Waals surface area contributed by atoms with Crippen LogP contribution >= 0.6 is 0 Å². The van der Waals surface area contributed by atoms with Crippen LogP contribution in [-0.2, 0) is 0 Å². The van der Waals surface area contributed by atoms with Crippen LogP contribution in [0.2, 0.25) is 0 Å². The Morgan fingerprint density at radius 1 is 1.50 bits per heavy atom. The van der Waals surface area contributed by atoms with Gasteiger partial charge in [-0.25, -0.2) is 4.98 Å². The normalized spacial score (nSPS) is 14.6. The van der Waals surface area contributed by atoms with Crippen molar-refractivity contribution in [3.8, 4) is 5.88 Å². The van der Waals surface area contributed by atoms with Crippen LogP contribution < -0.4 is 10.1 Å². The molecule has 0 saturated heterocycles. The zero-order chi connectivity index (χ0) is 11.5. The molecule has 0 bridgehead atoms. The van der Waals surface area contributed by atoms with E-state index in [2.05, 4.69) is 21.9 Å². The van der Waals surface area contributed by atoms with Crippen molar-refractivity contribution in [1.29, 1.82) is 0 Å². The van der Waals surface area contributed by atoms with Crippen molar-refractivity contribution in [3.05, 3.63) is 24.0 Å². The Morgan fingerprint density at radius 3 is 2.81 bits per heavy atom. The number of nitrogens with one attached hydrogen (secondary N) is 1. The lowest BCUT2D eigenvalue weighted by Gasteiger charge is -2.11. The van der Waals surface area contributed by atoms with E-state index in [0.29, 0.717) is 18.4 Å². The summed E-state index contributed by atoms with van der Waals surface area (Å²) in [5.74, 6) is 2.95. The lowest BCUT2D eigenvalue weighted by molar-refractivity contribution is 0.344. The standard InChI is InChI=1S/C12H17N3O/c1-4-7-16-12-8(2)10(13-3)14-11(15-12)9-5-6-9/h4,9H,1,5-7H2,2-3H3,(H,13,14,15). The molecule has 0 spiro atoms. The zero-order valence-corrected chi connectivity index (χ0v) is 9.79. The Kier molecular flexibility index (Phi) is 3.08. The fraction of sp³-hybridized carbons (Fsp3) is 0.500. The molecule has 0 unspecified atom stereocenters. The fourth-order valence-corrected chi connectivity index (χ4v) is 1.56. The number of ether oxygens (including phenoxy) is 1. The number of nitrogens with zero attached hydrogens (tertiary/aromatic N) is 2. The van der Waals surface area contributed by atoms with Gasteiger partial charge in [-0.3, -0.25) is 0 Å². The first-order chi connectivity index (χ1) is 7.76. The van der Waals surface area contributed by atoms with E-state index in [9.17, 15) is 0 Å². The van der Waals surface area contributed by atoms with Crippen molar-refractivity contribution in [2.75, 3.05) is 19.0 Å². The van der Waals surface area contributed by atoms with Crippen LogP contribution in [0.3, 0.4) is 0 Å². The van der Waals surface area contributed by atoms with Crippen molar-refractivity contribution < 1.29 is 4.74 Å². The third-order valence-corrected chi connectivity index (χ3v) is 2.64. The molecule has 2 rings (SSSR count). The molecule has 4 heteroatoms. The number of aromatic nitrogens is 2. The van der Waals surface area contributed by atoms with Gasteiger partial charge in [0.15, 0.2) is 0 Å². The largest absolute Gasteiger partial charge is 0.473 e. The van der Waals surface area contributed by atoms with Crippen LogP contribution in [0.1, 0.15) is 30.1 Å². The Labute approximate surface area is 95.8 Å². The van der Waals surface area contributed by atoms with Gasteiger partial charge in [0, 0.05) is 13.0 Å². The molecule has 0 amide bonds. The molecular formula is C12H17N3O. The van der Waals surface area contributed by atoms with Gasteiger partial charge in [-0.15, -0.1) is 0 Å². The highest BCUT2D eigenvalue weighted by Gasteiger charge is 2.28. The third-order valence-electron chi connectivity index (χ3n) is 2.64. The van der Waals surface area contributed by atoms with Crippen LogP contribution in [-0.4, -0.2) is 23.6 Å². The van der Waals surface area contributed by atoms with Gasteiger partial charge in [-0.1, -0.05) is 12.7 Å². The summed E-state index contributed by atoms with van der Waals surface area (Å²) in [5, 5.41) is 3.08. The van der Waals surface area contributed by atoms with E-state index in [1.807, 2.05) is 14.0 Å². The van der Waals surface area contributed by atoms with E-state index in [1.54, 1.807) is 6.08 Å². The van der Waals surface area contributed by atoms with Crippen molar-refractivity contribution in [2.45, 2.75) is 25.7 Å². The maximum absolute atomic E-state index is 5.54. The first kappa shape index (κ1) is 10.9. The van der Waals surface area contributed by atoms with E-state index < -0.39 is 0 Å². The SMILES string of the molecule is C=CCOc1nc(C2CC2)nc(NC)c1C. The second-order valence-corrected chi connectivity index (χ2v) is 3.98. The maximum Gasteiger partial charge on any atom is 0.222 e. The molecular weight excluding hydrogens is 202 g/mol. The molecule has 4 nitrogen and oxygen atoms in total. The lowest BCUT2D eigenvalue weighted by Crippen LogP contribution is -2.06. The van der Waals surface area contributed by atoms with Gasteiger partial charge in [0.2, 0.25) is 5.88 Å². The van der Waals surface area contributed by atoms with Crippen LogP contribution in [0.15, 0.2) is 12.7 Å². The van der Waals surface area contributed by atoms with Gasteiger partial charge < -0.3 is 10.1 Å². The van der Waals surface area contributed by atoms with Crippen molar-refractivity contribution in [3.63, 3.8) is 0 Å². The summed E-state index contributed by atoms with van der Waals surface area (Å²) in [6.45, 7) is 6.07. The van der Waals surface area contributed by atoms with Gasteiger partial charge in [-0.05, 0) is 19.8 Å². The van der Waals surface area contributed by atoms with Gasteiger partial charge in [0.05, 0.1) is 5.56 Å². The maximum atomic E-state index is 5.54. The molecule has 0 aromatic carbocycles. The highest BCUT2D eigenvalue weighted by Crippen LogP contribution is 2.39. The second-order valence-electron chi connectivity index (χ2n) is 3.98.